The molecule has 2 fully saturated rings. The Balaban J connectivity index is 1.63. The number of rotatable bonds is 2. The van der Waals surface area contributed by atoms with Crippen molar-refractivity contribution in [2.24, 2.45) is 5.92 Å². The summed E-state index contributed by atoms with van der Waals surface area (Å²) in [5, 5.41) is 6.56. The molecule has 0 amide bonds. The lowest BCUT2D eigenvalue weighted by Crippen LogP contribution is -2.44. The van der Waals surface area contributed by atoms with Crippen molar-refractivity contribution in [2.45, 2.75) is 56.5 Å². The summed E-state index contributed by atoms with van der Waals surface area (Å²) in [6, 6.07) is 14.6. The zero-order valence-corrected chi connectivity index (χ0v) is 13.8. The van der Waals surface area contributed by atoms with Gasteiger partial charge in [0, 0.05) is 18.0 Å². The molecule has 2 aliphatic rings. The van der Waals surface area contributed by atoms with E-state index in [9.17, 15) is 0 Å². The van der Waals surface area contributed by atoms with Gasteiger partial charge in [-0.3, -0.25) is 0 Å². The van der Waals surface area contributed by atoms with Crippen molar-refractivity contribution in [2.75, 3.05) is 0 Å². The molecule has 2 heteroatoms. The smallest absolute Gasteiger partial charge is 0.0480 e. The topological polar surface area (TPSA) is 12.0 Å². The van der Waals surface area contributed by atoms with Gasteiger partial charge in [-0.2, -0.15) is 0 Å². The third kappa shape index (κ3) is 2.66. The van der Waals surface area contributed by atoms with Gasteiger partial charge >= 0.3 is 0 Å². The number of benzene rings is 2. The number of nitrogens with one attached hydrogen (secondary N) is 1. The van der Waals surface area contributed by atoms with Gasteiger partial charge in [0.15, 0.2) is 0 Å². The van der Waals surface area contributed by atoms with E-state index in [2.05, 4.69) is 41.7 Å². The van der Waals surface area contributed by atoms with Gasteiger partial charge in [0.05, 0.1) is 0 Å². The monoisotopic (exact) mass is 313 g/mol. The lowest BCUT2D eigenvalue weighted by atomic mass is 9.76. The van der Waals surface area contributed by atoms with Crippen LogP contribution in [0.25, 0.3) is 10.8 Å². The molecule has 1 aliphatic carbocycles. The zero-order valence-electron chi connectivity index (χ0n) is 13.0. The third-order valence-corrected chi connectivity index (χ3v) is 5.98. The molecule has 0 radical (unpaired) electrons. The predicted octanol–water partition coefficient (Wildman–Crippen LogP) is 5.56. The quantitative estimate of drug-likeness (QED) is 0.715. The van der Waals surface area contributed by atoms with E-state index in [-0.39, 0.29) is 0 Å². The first kappa shape index (κ1) is 14.5. The second-order valence-electron chi connectivity index (χ2n) is 6.98. The molecule has 2 aromatic carbocycles. The Morgan fingerprint density at radius 3 is 2.82 bits per heavy atom. The van der Waals surface area contributed by atoms with Crippen LogP contribution in [0.2, 0.25) is 0 Å². The summed E-state index contributed by atoms with van der Waals surface area (Å²) in [6.07, 6.45) is 8.28. The third-order valence-electron chi connectivity index (χ3n) is 5.69. The fourth-order valence-electron chi connectivity index (χ4n) is 4.45. The molecule has 0 aromatic heterocycles. The van der Waals surface area contributed by atoms with Crippen molar-refractivity contribution in [3.8, 4) is 0 Å². The lowest BCUT2D eigenvalue weighted by molar-refractivity contribution is 0.177. The van der Waals surface area contributed by atoms with Gasteiger partial charge < -0.3 is 5.32 Å². The van der Waals surface area contributed by atoms with Gasteiger partial charge in [-0.25, -0.2) is 0 Å². The molecule has 1 N–H and O–H groups in total. The van der Waals surface area contributed by atoms with Crippen LogP contribution < -0.4 is 5.32 Å². The minimum Gasteiger partial charge on any atom is -0.307 e. The summed E-state index contributed by atoms with van der Waals surface area (Å²) in [7, 11) is 0. The van der Waals surface area contributed by atoms with Crippen molar-refractivity contribution in [3.63, 3.8) is 0 Å². The predicted molar refractivity (Wildman–Crippen MR) is 94.4 cm³/mol. The van der Waals surface area contributed by atoms with Crippen LogP contribution in [-0.4, -0.2) is 6.04 Å². The Morgan fingerprint density at radius 1 is 1.00 bits per heavy atom. The van der Waals surface area contributed by atoms with Gasteiger partial charge in [-0.05, 0) is 59.6 Å². The molecule has 0 bridgehead atoms. The van der Waals surface area contributed by atoms with Gasteiger partial charge in [-0.1, -0.05) is 43.2 Å². The molecule has 1 heterocycles. The summed E-state index contributed by atoms with van der Waals surface area (Å²) in [4.78, 5) is 0. The van der Waals surface area contributed by atoms with E-state index in [1.54, 1.807) is 0 Å². The first-order valence-corrected chi connectivity index (χ1v) is 9.22. The molecule has 1 aliphatic heterocycles. The Hall–Kier alpha value is -1.05. The Morgan fingerprint density at radius 2 is 1.91 bits per heavy atom. The largest absolute Gasteiger partial charge is 0.307 e. The first-order chi connectivity index (χ1) is 10.8. The van der Waals surface area contributed by atoms with Gasteiger partial charge in [-0.15, -0.1) is 11.6 Å². The second-order valence-corrected chi connectivity index (χ2v) is 7.25. The molecular weight excluding hydrogens is 290 g/mol. The second kappa shape index (κ2) is 6.22. The molecule has 1 saturated carbocycles. The Labute approximate surface area is 138 Å². The van der Waals surface area contributed by atoms with Crippen LogP contribution in [-0.2, 0) is 5.88 Å². The number of fused-ring (bicyclic) bond motifs is 2. The summed E-state index contributed by atoms with van der Waals surface area (Å²) >= 11 is 6.12. The Bertz CT molecular complexity index is 666. The van der Waals surface area contributed by atoms with Crippen molar-refractivity contribution < 1.29 is 0 Å². The van der Waals surface area contributed by atoms with E-state index in [4.69, 9.17) is 11.6 Å². The van der Waals surface area contributed by atoms with E-state index in [0.29, 0.717) is 11.9 Å². The van der Waals surface area contributed by atoms with Crippen LogP contribution in [0.3, 0.4) is 0 Å². The summed E-state index contributed by atoms with van der Waals surface area (Å²) in [5.41, 5.74) is 2.68. The molecule has 0 spiro atoms. The normalized spacial score (nSPS) is 28.5. The average molecular weight is 314 g/mol. The fraction of sp³-hybridized carbons (Fsp3) is 0.500. The molecule has 3 atom stereocenters. The zero-order chi connectivity index (χ0) is 14.9. The highest BCUT2D eigenvalue weighted by molar-refractivity contribution is 6.18. The van der Waals surface area contributed by atoms with Crippen LogP contribution in [0.5, 0.6) is 0 Å². The number of halogens is 1. The molecule has 22 heavy (non-hydrogen) atoms. The number of alkyl halides is 1. The van der Waals surface area contributed by atoms with Crippen LogP contribution in [0, 0.1) is 5.92 Å². The standard InChI is InChI=1S/C20H24ClN/c21-13-17-6-3-5-14-8-9-16(12-18(14)17)20-11-10-15-4-1-2-7-19(15)22-20/h3,5-6,8-9,12,15,19-20,22H,1-2,4,7,10-11,13H2/t15-,19+,20?/m1/s1. The molecule has 1 unspecified atom stereocenters. The van der Waals surface area contributed by atoms with Crippen LogP contribution in [0.4, 0.5) is 0 Å². The first-order valence-electron chi connectivity index (χ1n) is 8.69. The maximum atomic E-state index is 6.12. The van der Waals surface area contributed by atoms with E-state index >= 15 is 0 Å². The molecule has 1 saturated heterocycles. The number of hydrogen-bond donors (Lipinski definition) is 1. The maximum Gasteiger partial charge on any atom is 0.0480 e. The van der Waals surface area contributed by atoms with Crippen molar-refractivity contribution in [1.29, 1.82) is 0 Å². The van der Waals surface area contributed by atoms with Crippen molar-refractivity contribution >= 4 is 22.4 Å². The highest BCUT2D eigenvalue weighted by atomic mass is 35.5. The summed E-state index contributed by atoms with van der Waals surface area (Å²) in [6.45, 7) is 0. The average Bonchev–Trinajstić information content (AvgIpc) is 2.60. The van der Waals surface area contributed by atoms with Gasteiger partial charge in [0.25, 0.3) is 0 Å². The molecule has 2 aromatic rings. The SMILES string of the molecule is ClCc1cccc2ccc(C3CC[C@H]4CCCC[C@@H]4N3)cc12. The fourth-order valence-corrected chi connectivity index (χ4v) is 4.68. The highest BCUT2D eigenvalue weighted by Crippen LogP contribution is 2.37. The van der Waals surface area contributed by atoms with Crippen LogP contribution in [0.1, 0.15) is 55.7 Å². The number of hydrogen-bond acceptors (Lipinski definition) is 1. The minimum atomic E-state index is 0.520. The minimum absolute atomic E-state index is 0.520. The van der Waals surface area contributed by atoms with Gasteiger partial charge in [0.2, 0.25) is 0 Å². The molecular formula is C20H24ClN. The van der Waals surface area contributed by atoms with Crippen LogP contribution >= 0.6 is 11.6 Å². The van der Waals surface area contributed by atoms with Crippen molar-refractivity contribution in [1.82, 2.24) is 5.32 Å². The van der Waals surface area contributed by atoms with Crippen LogP contribution in [0.15, 0.2) is 36.4 Å². The lowest BCUT2D eigenvalue weighted by Gasteiger charge is -2.40. The summed E-state index contributed by atoms with van der Waals surface area (Å²) < 4.78 is 0. The molecule has 4 rings (SSSR count). The van der Waals surface area contributed by atoms with E-state index in [1.807, 2.05) is 0 Å². The van der Waals surface area contributed by atoms with E-state index in [0.717, 1.165) is 12.0 Å². The Kier molecular flexibility index (Phi) is 4.11. The molecule has 116 valence electrons. The van der Waals surface area contributed by atoms with Crippen molar-refractivity contribution in [3.05, 3.63) is 47.5 Å². The highest BCUT2D eigenvalue weighted by Gasteiger charge is 2.32. The van der Waals surface area contributed by atoms with E-state index in [1.165, 1.54) is 60.4 Å². The molecule has 1 nitrogen and oxygen atoms in total. The van der Waals surface area contributed by atoms with E-state index < -0.39 is 0 Å². The maximum absolute atomic E-state index is 6.12. The number of piperidine rings is 1. The summed E-state index contributed by atoms with van der Waals surface area (Å²) in [5.74, 6) is 1.51. The van der Waals surface area contributed by atoms with Gasteiger partial charge in [0.1, 0.15) is 0 Å².